The standard InChI is InChI=1S/C10H17NO2/c1-11(8-4-2-5-8)10(12)9-6-3-7-13-9/h8-9H,2-7H2,1H3/t9-/m1/s1. The Morgan fingerprint density at radius 3 is 2.54 bits per heavy atom. The Balaban J connectivity index is 1.87. The van der Waals surface area contributed by atoms with Crippen LogP contribution in [0.5, 0.6) is 0 Å². The SMILES string of the molecule is CN(C(=O)[C@H]1CCCO1)C1CCC1. The third-order valence-electron chi connectivity index (χ3n) is 3.18. The summed E-state index contributed by atoms with van der Waals surface area (Å²) in [6.07, 6.45) is 5.44. The van der Waals surface area contributed by atoms with E-state index in [-0.39, 0.29) is 12.0 Å². The van der Waals surface area contributed by atoms with Crippen molar-refractivity contribution in [3.63, 3.8) is 0 Å². The van der Waals surface area contributed by atoms with Gasteiger partial charge < -0.3 is 9.64 Å². The summed E-state index contributed by atoms with van der Waals surface area (Å²) in [5.41, 5.74) is 0. The number of likely N-dealkylation sites (N-methyl/N-ethyl adjacent to an activating group) is 1. The molecule has 1 aliphatic carbocycles. The highest BCUT2D eigenvalue weighted by atomic mass is 16.5. The van der Waals surface area contributed by atoms with E-state index in [1.807, 2.05) is 11.9 Å². The number of hydrogen-bond donors (Lipinski definition) is 0. The second-order valence-corrected chi connectivity index (χ2v) is 4.04. The van der Waals surface area contributed by atoms with Crippen molar-refractivity contribution < 1.29 is 9.53 Å². The molecule has 3 nitrogen and oxygen atoms in total. The lowest BCUT2D eigenvalue weighted by molar-refractivity contribution is -0.143. The Labute approximate surface area is 79.0 Å². The third-order valence-corrected chi connectivity index (χ3v) is 3.18. The molecule has 1 atom stereocenters. The quantitative estimate of drug-likeness (QED) is 0.643. The Kier molecular flexibility index (Phi) is 2.54. The molecule has 13 heavy (non-hydrogen) atoms. The van der Waals surface area contributed by atoms with Crippen LogP contribution in [0.15, 0.2) is 0 Å². The van der Waals surface area contributed by atoms with E-state index in [9.17, 15) is 4.79 Å². The fraction of sp³-hybridized carbons (Fsp3) is 0.900. The van der Waals surface area contributed by atoms with Gasteiger partial charge in [0.25, 0.3) is 5.91 Å². The molecule has 0 aromatic heterocycles. The molecule has 0 N–H and O–H groups in total. The molecule has 0 spiro atoms. The Morgan fingerprint density at radius 1 is 1.31 bits per heavy atom. The maximum Gasteiger partial charge on any atom is 0.251 e. The zero-order valence-electron chi connectivity index (χ0n) is 8.16. The van der Waals surface area contributed by atoms with Crippen LogP contribution < -0.4 is 0 Å². The average molecular weight is 183 g/mol. The lowest BCUT2D eigenvalue weighted by Gasteiger charge is -2.35. The summed E-state index contributed by atoms with van der Waals surface area (Å²) in [7, 11) is 1.91. The lowest BCUT2D eigenvalue weighted by Crippen LogP contribution is -2.45. The number of hydrogen-bond acceptors (Lipinski definition) is 2. The molecule has 0 unspecified atom stereocenters. The predicted molar refractivity (Wildman–Crippen MR) is 49.4 cm³/mol. The van der Waals surface area contributed by atoms with E-state index in [2.05, 4.69) is 0 Å². The zero-order chi connectivity index (χ0) is 9.26. The molecule has 3 heteroatoms. The van der Waals surface area contributed by atoms with Crippen LogP contribution in [0.1, 0.15) is 32.1 Å². The first-order valence-electron chi connectivity index (χ1n) is 5.17. The van der Waals surface area contributed by atoms with E-state index in [0.717, 1.165) is 19.4 Å². The highest BCUT2D eigenvalue weighted by Gasteiger charge is 2.32. The molecule has 1 saturated carbocycles. The van der Waals surface area contributed by atoms with Crippen molar-refractivity contribution in [2.24, 2.45) is 0 Å². The van der Waals surface area contributed by atoms with Gasteiger partial charge in [0.2, 0.25) is 0 Å². The van der Waals surface area contributed by atoms with Crippen LogP contribution in [0.25, 0.3) is 0 Å². The summed E-state index contributed by atoms with van der Waals surface area (Å²) in [5.74, 6) is 0.196. The maximum absolute atomic E-state index is 11.8. The summed E-state index contributed by atoms with van der Waals surface area (Å²) in [5, 5.41) is 0. The molecule has 0 aromatic rings. The fourth-order valence-electron chi connectivity index (χ4n) is 1.95. The van der Waals surface area contributed by atoms with Gasteiger partial charge in [-0.3, -0.25) is 4.79 Å². The van der Waals surface area contributed by atoms with Gasteiger partial charge in [0.1, 0.15) is 6.10 Å². The summed E-state index contributed by atoms with van der Waals surface area (Å²) in [6, 6.07) is 0.497. The smallest absolute Gasteiger partial charge is 0.251 e. The van der Waals surface area contributed by atoms with Gasteiger partial charge in [-0.25, -0.2) is 0 Å². The Bertz CT molecular complexity index is 195. The fourth-order valence-corrected chi connectivity index (χ4v) is 1.95. The summed E-state index contributed by atoms with van der Waals surface area (Å²) >= 11 is 0. The first kappa shape index (κ1) is 9.00. The van der Waals surface area contributed by atoms with Crippen LogP contribution in [0.4, 0.5) is 0 Å². The monoisotopic (exact) mass is 183 g/mol. The van der Waals surface area contributed by atoms with Crippen molar-refractivity contribution in [1.29, 1.82) is 0 Å². The van der Waals surface area contributed by atoms with E-state index >= 15 is 0 Å². The van der Waals surface area contributed by atoms with E-state index < -0.39 is 0 Å². The molecular weight excluding hydrogens is 166 g/mol. The third kappa shape index (κ3) is 1.70. The van der Waals surface area contributed by atoms with Gasteiger partial charge in [-0.05, 0) is 32.1 Å². The lowest BCUT2D eigenvalue weighted by atomic mass is 9.91. The van der Waals surface area contributed by atoms with Crippen LogP contribution in [0.3, 0.4) is 0 Å². The van der Waals surface area contributed by atoms with Crippen molar-refractivity contribution in [1.82, 2.24) is 4.90 Å². The molecule has 0 bridgehead atoms. The first-order valence-corrected chi connectivity index (χ1v) is 5.17. The number of nitrogens with zero attached hydrogens (tertiary/aromatic N) is 1. The Hall–Kier alpha value is -0.570. The van der Waals surface area contributed by atoms with Gasteiger partial charge in [-0.1, -0.05) is 0 Å². The van der Waals surface area contributed by atoms with Crippen LogP contribution in [0, 0.1) is 0 Å². The van der Waals surface area contributed by atoms with E-state index in [4.69, 9.17) is 4.74 Å². The molecule has 1 amide bonds. The van der Waals surface area contributed by atoms with E-state index in [1.54, 1.807) is 0 Å². The first-order chi connectivity index (χ1) is 6.29. The van der Waals surface area contributed by atoms with Gasteiger partial charge in [0, 0.05) is 19.7 Å². The van der Waals surface area contributed by atoms with Crippen LogP contribution >= 0.6 is 0 Å². The minimum atomic E-state index is -0.134. The van der Waals surface area contributed by atoms with Crippen molar-refractivity contribution in [2.75, 3.05) is 13.7 Å². The molecule has 1 aliphatic heterocycles. The Morgan fingerprint density at radius 2 is 2.08 bits per heavy atom. The van der Waals surface area contributed by atoms with E-state index in [0.29, 0.717) is 6.04 Å². The van der Waals surface area contributed by atoms with Crippen LogP contribution in [-0.4, -0.2) is 36.6 Å². The molecule has 0 radical (unpaired) electrons. The molecule has 1 saturated heterocycles. The maximum atomic E-state index is 11.8. The van der Waals surface area contributed by atoms with Gasteiger partial charge in [-0.2, -0.15) is 0 Å². The number of carbonyl (C=O) groups is 1. The topological polar surface area (TPSA) is 29.5 Å². The van der Waals surface area contributed by atoms with Gasteiger partial charge in [-0.15, -0.1) is 0 Å². The van der Waals surface area contributed by atoms with Crippen molar-refractivity contribution >= 4 is 5.91 Å². The minimum Gasteiger partial charge on any atom is -0.368 e. The van der Waals surface area contributed by atoms with Crippen molar-refractivity contribution in [3.8, 4) is 0 Å². The van der Waals surface area contributed by atoms with Crippen molar-refractivity contribution in [2.45, 2.75) is 44.2 Å². The number of ether oxygens (including phenoxy) is 1. The molecule has 2 rings (SSSR count). The molecule has 1 heterocycles. The summed E-state index contributed by atoms with van der Waals surface area (Å²) in [4.78, 5) is 13.7. The number of rotatable bonds is 2. The molecular formula is C10H17NO2. The predicted octanol–water partition coefficient (Wildman–Crippen LogP) is 1.18. The van der Waals surface area contributed by atoms with Gasteiger partial charge >= 0.3 is 0 Å². The van der Waals surface area contributed by atoms with Crippen molar-refractivity contribution in [3.05, 3.63) is 0 Å². The number of amides is 1. The zero-order valence-corrected chi connectivity index (χ0v) is 8.16. The summed E-state index contributed by atoms with van der Waals surface area (Å²) in [6.45, 7) is 0.759. The van der Waals surface area contributed by atoms with E-state index in [1.165, 1.54) is 19.3 Å². The highest BCUT2D eigenvalue weighted by molar-refractivity contribution is 5.81. The second kappa shape index (κ2) is 3.66. The van der Waals surface area contributed by atoms with Gasteiger partial charge in [0.15, 0.2) is 0 Å². The summed E-state index contributed by atoms with van der Waals surface area (Å²) < 4.78 is 5.36. The van der Waals surface area contributed by atoms with Gasteiger partial charge in [0.05, 0.1) is 0 Å². The largest absolute Gasteiger partial charge is 0.368 e. The molecule has 0 aromatic carbocycles. The normalized spacial score (nSPS) is 28.5. The van der Waals surface area contributed by atoms with Crippen LogP contribution in [-0.2, 0) is 9.53 Å². The average Bonchev–Trinajstić information content (AvgIpc) is 2.51. The van der Waals surface area contributed by atoms with Crippen LogP contribution in [0.2, 0.25) is 0 Å². The molecule has 2 fully saturated rings. The second-order valence-electron chi connectivity index (χ2n) is 4.04. The molecule has 2 aliphatic rings. The highest BCUT2D eigenvalue weighted by Crippen LogP contribution is 2.25. The number of carbonyl (C=O) groups excluding carboxylic acids is 1. The molecule has 74 valence electrons. The minimum absolute atomic E-state index is 0.134.